The van der Waals surface area contributed by atoms with Gasteiger partial charge in [-0.15, -0.1) is 0 Å². The molecule has 3 aromatic carbocycles. The molecule has 6 heteroatoms. The number of benzene rings is 3. The summed E-state index contributed by atoms with van der Waals surface area (Å²) in [7, 11) is 6.57. The van der Waals surface area contributed by atoms with Crippen LogP contribution in [0.5, 0.6) is 0 Å². The topological polar surface area (TPSA) is 73.1 Å². The van der Waals surface area contributed by atoms with Gasteiger partial charge in [0.15, 0.2) is 0 Å². The van der Waals surface area contributed by atoms with E-state index in [1.807, 2.05) is 18.9 Å². The molecule has 0 saturated carbocycles. The number of hydrogen-bond donors (Lipinski definition) is 0. The quantitative estimate of drug-likeness (QED) is 0.173. The Hall–Kier alpha value is -1.45. The van der Waals surface area contributed by atoms with E-state index in [0.29, 0.717) is 12.3 Å². The van der Waals surface area contributed by atoms with Crippen molar-refractivity contribution in [3.8, 4) is 0 Å². The predicted octanol–water partition coefficient (Wildman–Crippen LogP) is 7.01. The van der Waals surface area contributed by atoms with E-state index in [2.05, 4.69) is 64.0 Å². The summed E-state index contributed by atoms with van der Waals surface area (Å²) < 4.78 is 0. The molecule has 0 heterocycles. The summed E-state index contributed by atoms with van der Waals surface area (Å²) in [6.07, 6.45) is 2.73. The molecule has 0 fully saturated rings. The number of nitrogens with one attached hydrogen (secondary N) is 2. The summed E-state index contributed by atoms with van der Waals surface area (Å²) in [4.78, 5) is 1.95. The van der Waals surface area contributed by atoms with Gasteiger partial charge in [0, 0.05) is 0 Å². The maximum absolute atomic E-state index is 9.81. The average Bonchev–Trinajstić information content (AvgIpc) is 2.79. The number of amidine groups is 1. The maximum atomic E-state index is 9.81. The van der Waals surface area contributed by atoms with Crippen molar-refractivity contribution in [2.24, 2.45) is 0 Å². The first kappa shape index (κ1) is 25.6. The third-order valence-corrected chi connectivity index (χ3v) is 4.68. The van der Waals surface area contributed by atoms with Crippen molar-refractivity contribution in [1.29, 1.82) is 0 Å². The van der Waals surface area contributed by atoms with Gasteiger partial charge >= 0.3 is 28.2 Å². The predicted molar refractivity (Wildman–Crippen MR) is 125 cm³/mol. The number of hydrogen-bond acceptors (Lipinski definition) is 0. The van der Waals surface area contributed by atoms with E-state index in [4.69, 9.17) is 11.5 Å². The smallest absolute Gasteiger partial charge is 0.171 e. The van der Waals surface area contributed by atoms with Crippen molar-refractivity contribution >= 4 is 36.8 Å². The molecule has 160 valence electrons. The van der Waals surface area contributed by atoms with Gasteiger partial charge in [-0.05, 0) is 52.4 Å². The van der Waals surface area contributed by atoms with E-state index < -0.39 is 0 Å². The van der Waals surface area contributed by atoms with Crippen molar-refractivity contribution in [3.05, 3.63) is 77.0 Å². The number of aryl methyl sites for hydroxylation is 1. The van der Waals surface area contributed by atoms with Crippen LogP contribution in [0, 0.1) is 0 Å². The molecule has 0 aliphatic carbocycles. The minimum absolute atomic E-state index is 0.236. The summed E-state index contributed by atoms with van der Waals surface area (Å²) in [6, 6.07) is 19.5. The zero-order valence-electron chi connectivity index (χ0n) is 17.0. The fourth-order valence-electron chi connectivity index (χ4n) is 3.27. The first-order valence-corrected chi connectivity index (χ1v) is 12.5. The summed E-state index contributed by atoms with van der Waals surface area (Å²) in [5, 5.41) is 15.1. The molecule has 0 spiro atoms. The first-order chi connectivity index (χ1) is 14.1. The molecule has 0 atom stereocenters. The monoisotopic (exact) mass is 591 g/mol. The van der Waals surface area contributed by atoms with Crippen molar-refractivity contribution in [3.63, 3.8) is 0 Å². The molecule has 3 aromatic rings. The summed E-state index contributed by atoms with van der Waals surface area (Å²) in [6.45, 7) is 3.32. The molecule has 0 bridgehead atoms. The molecular weight excluding hydrogens is 563 g/mol. The van der Waals surface area contributed by atoms with E-state index in [-0.39, 0.29) is 13.1 Å². The van der Waals surface area contributed by atoms with Gasteiger partial charge in [-0.1, -0.05) is 74.9 Å². The number of nitrogens with zero attached hydrogens (tertiary/aromatic N) is 2. The van der Waals surface area contributed by atoms with Crippen LogP contribution in [-0.4, -0.2) is 37.4 Å². The zero-order chi connectivity index (χ0) is 21.6. The average molecular weight is 592 g/mol. The van der Waals surface area contributed by atoms with E-state index in [0.717, 1.165) is 19.4 Å². The molecular formula is C23H29ClN4Pt-2. The molecule has 0 aliphatic rings. The van der Waals surface area contributed by atoms with Crippen LogP contribution in [0.4, 0.5) is 0 Å². The minimum atomic E-state index is 0.236. The molecule has 0 saturated heterocycles. The van der Waals surface area contributed by atoms with Crippen LogP contribution in [0.15, 0.2) is 54.6 Å². The molecule has 4 nitrogen and oxygen atoms in total. The molecule has 0 aliphatic heterocycles. The van der Waals surface area contributed by atoms with Crippen LogP contribution in [0.3, 0.4) is 0 Å². The first-order valence-electron chi connectivity index (χ1n) is 9.68. The van der Waals surface area contributed by atoms with Gasteiger partial charge < -0.3 is 21.8 Å². The SMILES string of the molecule is CCC(=[N-])N(C)CCCc1c2ccccc2cc2ccccc12.[Cl][Pt+].[NH-]CC[NH-]. The summed E-state index contributed by atoms with van der Waals surface area (Å²) in [5.41, 5.74) is 13.9. The fourth-order valence-corrected chi connectivity index (χ4v) is 3.27. The number of halogens is 1. The maximum Gasteiger partial charge on any atom is -0.171 e. The Balaban J connectivity index is 0.000000627. The minimum Gasteiger partial charge on any atom is -0.679 e. The second kappa shape index (κ2) is 14.5. The normalized spacial score (nSPS) is 10.0. The molecule has 29 heavy (non-hydrogen) atoms. The van der Waals surface area contributed by atoms with Crippen LogP contribution in [0.2, 0.25) is 0 Å². The van der Waals surface area contributed by atoms with Crippen LogP contribution >= 0.6 is 9.42 Å². The zero-order valence-corrected chi connectivity index (χ0v) is 20.1. The Morgan fingerprint density at radius 2 is 1.45 bits per heavy atom. The number of fused-ring (bicyclic) bond motifs is 2. The van der Waals surface area contributed by atoms with E-state index in [1.165, 1.54) is 27.1 Å². The molecule has 0 unspecified atom stereocenters. The van der Waals surface area contributed by atoms with Crippen LogP contribution in [-0.2, 0) is 25.2 Å². The Morgan fingerprint density at radius 1 is 0.966 bits per heavy atom. The van der Waals surface area contributed by atoms with E-state index >= 15 is 0 Å². The molecule has 0 amide bonds. The number of rotatable bonds is 6. The largest absolute Gasteiger partial charge is 0.679 e. The van der Waals surface area contributed by atoms with E-state index in [9.17, 15) is 5.41 Å². The Labute approximate surface area is 189 Å². The van der Waals surface area contributed by atoms with Crippen LogP contribution in [0.25, 0.3) is 38.4 Å². The standard InChI is InChI=1S/C21H23N2.C2H6N2.ClH.Pt/c1-3-21(22)23(2)14-8-13-20-18-11-6-4-9-16(18)15-17-10-5-7-12-19(17)20;3-1-2-4;;/h4-7,9-12,15H,3,8,13-14H2,1-2H3;3-4H,1-2H2;1H;/q-1;-2;;+2/p-1. The third-order valence-electron chi connectivity index (χ3n) is 4.68. The molecule has 2 N–H and O–H groups in total. The van der Waals surface area contributed by atoms with Crippen molar-refractivity contribution in [2.45, 2.75) is 26.2 Å². The molecule has 0 aromatic heterocycles. The summed E-state index contributed by atoms with van der Waals surface area (Å²) >= 11 is 1.61. The van der Waals surface area contributed by atoms with Crippen LogP contribution < -0.4 is 0 Å². The van der Waals surface area contributed by atoms with Crippen LogP contribution in [0.1, 0.15) is 25.3 Å². The van der Waals surface area contributed by atoms with E-state index in [1.54, 1.807) is 18.8 Å². The molecule has 0 radical (unpaired) electrons. The van der Waals surface area contributed by atoms with Gasteiger partial charge in [-0.25, -0.2) is 0 Å². The van der Waals surface area contributed by atoms with Crippen molar-refractivity contribution in [1.82, 2.24) is 4.90 Å². The fraction of sp³-hybridized carbons (Fsp3) is 0.348. The van der Waals surface area contributed by atoms with Gasteiger partial charge in [0.25, 0.3) is 0 Å². The third kappa shape index (κ3) is 7.71. The Morgan fingerprint density at radius 3 is 1.90 bits per heavy atom. The second-order valence-corrected chi connectivity index (χ2v) is 6.59. The van der Waals surface area contributed by atoms with Gasteiger partial charge in [0.2, 0.25) is 0 Å². The molecule has 3 rings (SSSR count). The van der Waals surface area contributed by atoms with Gasteiger partial charge in [0.1, 0.15) is 0 Å². The summed E-state index contributed by atoms with van der Waals surface area (Å²) in [5.74, 6) is 0.466. The van der Waals surface area contributed by atoms with Crippen molar-refractivity contribution < 1.29 is 18.8 Å². The van der Waals surface area contributed by atoms with Gasteiger partial charge in [-0.3, -0.25) is 0 Å². The Kier molecular flexibility index (Phi) is 12.8. The second-order valence-electron chi connectivity index (χ2n) is 6.59. The van der Waals surface area contributed by atoms with Gasteiger partial charge in [-0.2, -0.15) is 13.1 Å². The Bertz CT molecular complexity index is 829. The van der Waals surface area contributed by atoms with Crippen molar-refractivity contribution in [2.75, 3.05) is 26.7 Å². The van der Waals surface area contributed by atoms with Gasteiger partial charge in [0.05, 0.1) is 0 Å².